The van der Waals surface area contributed by atoms with Crippen molar-refractivity contribution >= 4 is 11.8 Å². The molecule has 17 heavy (non-hydrogen) atoms. The number of aliphatic hydroxyl groups is 1. The van der Waals surface area contributed by atoms with Crippen molar-refractivity contribution in [2.75, 3.05) is 13.2 Å². The van der Waals surface area contributed by atoms with Gasteiger partial charge in [0.2, 0.25) is 0 Å². The van der Waals surface area contributed by atoms with Gasteiger partial charge in [-0.2, -0.15) is 11.8 Å². The Hall–Kier alpha value is 0.270. The van der Waals surface area contributed by atoms with Gasteiger partial charge in [-0.15, -0.1) is 0 Å². The zero-order valence-electron chi connectivity index (χ0n) is 11.1. The van der Waals surface area contributed by atoms with Crippen molar-refractivity contribution in [1.82, 2.24) is 5.32 Å². The molecule has 0 bridgehead atoms. The van der Waals surface area contributed by atoms with Crippen molar-refractivity contribution in [2.45, 2.75) is 74.3 Å². The Labute approximate surface area is 110 Å². The first kappa shape index (κ1) is 13.7. The van der Waals surface area contributed by atoms with Gasteiger partial charge in [-0.1, -0.05) is 26.2 Å². The lowest BCUT2D eigenvalue weighted by atomic mass is 9.82. The van der Waals surface area contributed by atoms with Gasteiger partial charge in [-0.05, 0) is 38.6 Å². The summed E-state index contributed by atoms with van der Waals surface area (Å²) in [6.45, 7) is 3.43. The average molecular weight is 257 g/mol. The molecule has 0 heterocycles. The normalized spacial score (nSPS) is 35.3. The van der Waals surface area contributed by atoms with Crippen LogP contribution >= 0.6 is 11.8 Å². The molecule has 3 heteroatoms. The molecule has 0 spiro atoms. The Balaban J connectivity index is 1.86. The molecule has 0 saturated heterocycles. The summed E-state index contributed by atoms with van der Waals surface area (Å²) in [7, 11) is 0. The number of likely N-dealkylation sites (N-methyl/N-ethyl adjacent to an activating group) is 1. The largest absolute Gasteiger partial charge is 0.394 e. The predicted octanol–water partition coefficient (Wildman–Crippen LogP) is 2.95. The van der Waals surface area contributed by atoms with Gasteiger partial charge in [0.25, 0.3) is 0 Å². The van der Waals surface area contributed by atoms with E-state index in [1.807, 2.05) is 0 Å². The predicted molar refractivity (Wildman–Crippen MR) is 75.6 cm³/mol. The van der Waals surface area contributed by atoms with Crippen LogP contribution in [0.1, 0.15) is 58.3 Å². The third-order valence-corrected chi connectivity index (χ3v) is 5.98. The Bertz CT molecular complexity index is 226. The third-order valence-electron chi connectivity index (χ3n) is 4.34. The molecule has 2 atom stereocenters. The minimum Gasteiger partial charge on any atom is -0.394 e. The standard InChI is InChI=1S/C14H27NOS/c1-2-15-14(11-16)9-5-8-13(10-14)17-12-6-3-4-7-12/h12-13,15-16H,2-11H2,1H3. The van der Waals surface area contributed by atoms with Gasteiger partial charge in [-0.3, -0.25) is 0 Å². The van der Waals surface area contributed by atoms with Crippen LogP contribution in [0, 0.1) is 0 Å². The maximum Gasteiger partial charge on any atom is 0.0613 e. The van der Waals surface area contributed by atoms with Gasteiger partial charge in [0.15, 0.2) is 0 Å². The van der Waals surface area contributed by atoms with Gasteiger partial charge in [0, 0.05) is 16.0 Å². The highest BCUT2D eigenvalue weighted by molar-refractivity contribution is 8.00. The monoisotopic (exact) mass is 257 g/mol. The lowest BCUT2D eigenvalue weighted by molar-refractivity contribution is 0.125. The van der Waals surface area contributed by atoms with E-state index < -0.39 is 0 Å². The number of hydrogen-bond acceptors (Lipinski definition) is 3. The molecule has 2 saturated carbocycles. The molecule has 0 aromatic heterocycles. The van der Waals surface area contributed by atoms with Crippen molar-refractivity contribution in [3.05, 3.63) is 0 Å². The lowest BCUT2D eigenvalue weighted by Crippen LogP contribution is -2.52. The van der Waals surface area contributed by atoms with Gasteiger partial charge in [0.05, 0.1) is 6.61 Å². The molecule has 2 aliphatic carbocycles. The van der Waals surface area contributed by atoms with Crippen molar-refractivity contribution in [1.29, 1.82) is 0 Å². The molecule has 0 aromatic rings. The summed E-state index contributed by atoms with van der Waals surface area (Å²) >= 11 is 2.22. The van der Waals surface area contributed by atoms with Crippen LogP contribution in [0.3, 0.4) is 0 Å². The first-order valence-corrected chi connectivity index (χ1v) is 8.23. The van der Waals surface area contributed by atoms with Crippen LogP contribution in [0.25, 0.3) is 0 Å². The Morgan fingerprint density at radius 2 is 1.88 bits per heavy atom. The van der Waals surface area contributed by atoms with E-state index >= 15 is 0 Å². The molecule has 100 valence electrons. The number of aliphatic hydroxyl groups excluding tert-OH is 1. The highest BCUT2D eigenvalue weighted by atomic mass is 32.2. The molecule has 2 rings (SSSR count). The van der Waals surface area contributed by atoms with E-state index in [9.17, 15) is 5.11 Å². The molecule has 2 fully saturated rings. The second kappa shape index (κ2) is 6.44. The Morgan fingerprint density at radius 3 is 2.53 bits per heavy atom. The Morgan fingerprint density at radius 1 is 1.18 bits per heavy atom. The van der Waals surface area contributed by atoms with Crippen molar-refractivity contribution in [2.24, 2.45) is 0 Å². The van der Waals surface area contributed by atoms with Crippen LogP contribution in [0.5, 0.6) is 0 Å². The van der Waals surface area contributed by atoms with Crippen molar-refractivity contribution in [3.8, 4) is 0 Å². The number of rotatable bonds is 5. The van der Waals surface area contributed by atoms with Crippen LogP contribution in [0.4, 0.5) is 0 Å². The summed E-state index contributed by atoms with van der Waals surface area (Å²) < 4.78 is 0. The first-order valence-electron chi connectivity index (χ1n) is 7.29. The van der Waals surface area contributed by atoms with Crippen molar-refractivity contribution in [3.63, 3.8) is 0 Å². The minimum atomic E-state index is 0.0310. The minimum absolute atomic E-state index is 0.0310. The highest BCUT2D eigenvalue weighted by Crippen LogP contribution is 2.40. The molecule has 0 radical (unpaired) electrons. The fourth-order valence-electron chi connectivity index (χ4n) is 3.46. The molecule has 0 aromatic carbocycles. The fraction of sp³-hybridized carbons (Fsp3) is 1.00. The van der Waals surface area contributed by atoms with Crippen molar-refractivity contribution < 1.29 is 5.11 Å². The second-order valence-electron chi connectivity index (χ2n) is 5.73. The second-order valence-corrected chi connectivity index (χ2v) is 7.34. The van der Waals surface area contributed by atoms with E-state index in [-0.39, 0.29) is 5.54 Å². The molecule has 2 N–H and O–H groups in total. The molecule has 2 nitrogen and oxygen atoms in total. The maximum absolute atomic E-state index is 9.68. The SMILES string of the molecule is CCNC1(CO)CCCC(SC2CCCC2)C1. The summed E-state index contributed by atoms with van der Waals surface area (Å²) in [5.41, 5.74) is 0.0310. The molecule has 2 unspecified atom stereocenters. The van der Waals surface area contributed by atoms with Gasteiger partial charge >= 0.3 is 0 Å². The van der Waals surface area contributed by atoms with E-state index in [2.05, 4.69) is 24.0 Å². The van der Waals surface area contributed by atoms with Gasteiger partial charge in [-0.25, -0.2) is 0 Å². The van der Waals surface area contributed by atoms with E-state index in [0.717, 1.165) is 23.5 Å². The molecular formula is C14H27NOS. The smallest absolute Gasteiger partial charge is 0.0613 e. The summed E-state index contributed by atoms with van der Waals surface area (Å²) in [6, 6.07) is 0. The Kier molecular flexibility index (Phi) is 5.19. The van der Waals surface area contributed by atoms with Gasteiger partial charge < -0.3 is 10.4 Å². The van der Waals surface area contributed by atoms with E-state index in [4.69, 9.17) is 0 Å². The molecule has 0 aliphatic heterocycles. The zero-order valence-corrected chi connectivity index (χ0v) is 11.9. The summed E-state index contributed by atoms with van der Waals surface area (Å²) in [6.07, 6.45) is 10.7. The quantitative estimate of drug-likeness (QED) is 0.794. The summed E-state index contributed by atoms with van der Waals surface area (Å²) in [4.78, 5) is 0. The van der Waals surface area contributed by atoms with E-state index in [1.54, 1.807) is 0 Å². The van der Waals surface area contributed by atoms with E-state index in [1.165, 1.54) is 44.9 Å². The fourth-order valence-corrected chi connectivity index (χ4v) is 5.32. The average Bonchev–Trinajstić information content (AvgIpc) is 2.83. The van der Waals surface area contributed by atoms with Crippen LogP contribution in [-0.4, -0.2) is 34.3 Å². The van der Waals surface area contributed by atoms with Crippen LogP contribution in [0.2, 0.25) is 0 Å². The summed E-state index contributed by atoms with van der Waals surface area (Å²) in [5.74, 6) is 0. The number of thioether (sulfide) groups is 1. The molecule has 0 amide bonds. The van der Waals surface area contributed by atoms with Crippen LogP contribution in [0.15, 0.2) is 0 Å². The van der Waals surface area contributed by atoms with E-state index in [0.29, 0.717) is 6.61 Å². The molecule has 2 aliphatic rings. The highest BCUT2D eigenvalue weighted by Gasteiger charge is 2.36. The maximum atomic E-state index is 9.68. The zero-order chi connectivity index (χ0) is 12.1. The third kappa shape index (κ3) is 3.62. The lowest BCUT2D eigenvalue weighted by Gasteiger charge is -2.41. The summed E-state index contributed by atoms with van der Waals surface area (Å²) in [5, 5.41) is 14.9. The topological polar surface area (TPSA) is 32.3 Å². The van der Waals surface area contributed by atoms with Crippen LogP contribution in [-0.2, 0) is 0 Å². The van der Waals surface area contributed by atoms with Gasteiger partial charge in [0.1, 0.15) is 0 Å². The van der Waals surface area contributed by atoms with Crippen LogP contribution < -0.4 is 5.32 Å². The molecular weight excluding hydrogens is 230 g/mol. The first-order chi connectivity index (χ1) is 8.28. The number of nitrogens with one attached hydrogen (secondary N) is 1. The number of hydrogen-bond donors (Lipinski definition) is 2.